The van der Waals surface area contributed by atoms with Crippen molar-refractivity contribution in [2.45, 2.75) is 45.4 Å². The van der Waals surface area contributed by atoms with Gasteiger partial charge in [-0.15, -0.1) is 0 Å². The summed E-state index contributed by atoms with van der Waals surface area (Å²) in [6.45, 7) is 7.84. The van der Waals surface area contributed by atoms with E-state index in [1.165, 1.54) is 0 Å². The number of hydrogen-bond donors (Lipinski definition) is 1. The minimum Gasteiger partial charge on any atom is -0.444 e. The van der Waals surface area contributed by atoms with Gasteiger partial charge in [0.25, 0.3) is 0 Å². The molecule has 1 saturated heterocycles. The summed E-state index contributed by atoms with van der Waals surface area (Å²) in [5.41, 5.74) is 0.710. The molecule has 5 heteroatoms. The van der Waals surface area contributed by atoms with E-state index in [0.29, 0.717) is 12.6 Å². The van der Waals surface area contributed by atoms with Gasteiger partial charge in [-0.2, -0.15) is 0 Å². The van der Waals surface area contributed by atoms with Gasteiger partial charge in [0.15, 0.2) is 0 Å². The molecule has 2 rings (SSSR count). The Morgan fingerprint density at radius 1 is 1.48 bits per heavy atom. The summed E-state index contributed by atoms with van der Waals surface area (Å²) in [4.78, 5) is 13.7. The predicted molar refractivity (Wildman–Crippen MR) is 84.5 cm³/mol. The minimum atomic E-state index is -0.441. The van der Waals surface area contributed by atoms with Gasteiger partial charge >= 0.3 is 6.09 Å². The average molecular weight is 311 g/mol. The van der Waals surface area contributed by atoms with Crippen molar-refractivity contribution in [1.82, 2.24) is 10.2 Å². The summed E-state index contributed by atoms with van der Waals surface area (Å²) in [6.07, 6.45) is 0.717. The Labute approximate surface area is 131 Å². The van der Waals surface area contributed by atoms with Gasteiger partial charge in [0.2, 0.25) is 0 Å². The number of nitrogens with one attached hydrogen (secondary N) is 1. The maximum atomic E-state index is 12.0. The van der Waals surface area contributed by atoms with Gasteiger partial charge in [0, 0.05) is 30.7 Å². The molecule has 1 aromatic carbocycles. The molecule has 1 amide bonds. The normalized spacial score (nSPS) is 18.9. The first-order valence-corrected chi connectivity index (χ1v) is 7.67. The lowest BCUT2D eigenvalue weighted by Gasteiger charge is -2.24. The van der Waals surface area contributed by atoms with Crippen LogP contribution in [0.25, 0.3) is 0 Å². The van der Waals surface area contributed by atoms with Crippen LogP contribution in [0.4, 0.5) is 4.79 Å². The molecule has 1 N–H and O–H groups in total. The zero-order valence-electron chi connectivity index (χ0n) is 12.9. The van der Waals surface area contributed by atoms with Gasteiger partial charge in [-0.25, -0.2) is 4.79 Å². The van der Waals surface area contributed by atoms with Crippen molar-refractivity contribution in [3.63, 3.8) is 0 Å². The molecule has 0 aromatic heterocycles. The Bertz CT molecular complexity index is 499. The quantitative estimate of drug-likeness (QED) is 0.930. The van der Waals surface area contributed by atoms with Gasteiger partial charge in [0.05, 0.1) is 0 Å². The number of amides is 1. The van der Waals surface area contributed by atoms with Crippen LogP contribution in [0.1, 0.15) is 32.8 Å². The first-order chi connectivity index (χ1) is 9.83. The van der Waals surface area contributed by atoms with E-state index in [2.05, 4.69) is 5.32 Å². The van der Waals surface area contributed by atoms with E-state index in [0.717, 1.165) is 30.1 Å². The highest BCUT2D eigenvalue weighted by Crippen LogP contribution is 2.16. The molecule has 0 spiro atoms. The second-order valence-corrected chi connectivity index (χ2v) is 6.86. The standard InChI is InChI=1S/C16H23ClN2O2/c1-16(2,3)21-15(20)19-8-7-14(11-19)18-10-12-5-4-6-13(17)9-12/h4-6,9,14,18H,7-8,10-11H2,1-3H3/t14-/m0/s1. The van der Waals surface area contributed by atoms with E-state index >= 15 is 0 Å². The van der Waals surface area contributed by atoms with Gasteiger partial charge in [-0.1, -0.05) is 23.7 Å². The van der Waals surface area contributed by atoms with Crippen LogP contribution in [-0.2, 0) is 11.3 Å². The van der Waals surface area contributed by atoms with Crippen LogP contribution < -0.4 is 5.32 Å². The highest BCUT2D eigenvalue weighted by molar-refractivity contribution is 6.30. The molecule has 116 valence electrons. The number of benzene rings is 1. The SMILES string of the molecule is CC(C)(C)OC(=O)N1CC[C@H](NCc2cccc(Cl)c2)C1. The van der Waals surface area contributed by atoms with Crippen LogP contribution in [-0.4, -0.2) is 35.7 Å². The molecule has 0 unspecified atom stereocenters. The first kappa shape index (κ1) is 16.1. The lowest BCUT2D eigenvalue weighted by molar-refractivity contribution is 0.0291. The van der Waals surface area contributed by atoms with Gasteiger partial charge in [0.1, 0.15) is 5.60 Å². The Morgan fingerprint density at radius 2 is 2.24 bits per heavy atom. The first-order valence-electron chi connectivity index (χ1n) is 7.29. The Balaban J connectivity index is 1.79. The third kappa shape index (κ3) is 5.21. The molecule has 0 saturated carbocycles. The van der Waals surface area contributed by atoms with Gasteiger partial charge < -0.3 is 15.0 Å². The molecule has 4 nitrogen and oxygen atoms in total. The highest BCUT2D eigenvalue weighted by Gasteiger charge is 2.29. The molecule has 0 aliphatic carbocycles. The average Bonchev–Trinajstić information content (AvgIpc) is 2.83. The molecular formula is C16H23ClN2O2. The predicted octanol–water partition coefficient (Wildman–Crippen LogP) is 3.44. The number of nitrogens with zero attached hydrogens (tertiary/aromatic N) is 1. The summed E-state index contributed by atoms with van der Waals surface area (Å²) >= 11 is 5.97. The van der Waals surface area contributed by atoms with E-state index in [1.807, 2.05) is 45.0 Å². The molecular weight excluding hydrogens is 288 g/mol. The molecule has 0 radical (unpaired) electrons. The fourth-order valence-electron chi connectivity index (χ4n) is 2.33. The zero-order chi connectivity index (χ0) is 15.5. The van der Waals surface area contributed by atoms with Crippen molar-refractivity contribution in [3.05, 3.63) is 34.9 Å². The van der Waals surface area contributed by atoms with Crippen LogP contribution in [0.3, 0.4) is 0 Å². The topological polar surface area (TPSA) is 41.6 Å². The van der Waals surface area contributed by atoms with Crippen LogP contribution in [0, 0.1) is 0 Å². The summed E-state index contributed by atoms with van der Waals surface area (Å²) in [6, 6.07) is 8.11. The Hall–Kier alpha value is -1.26. The summed E-state index contributed by atoms with van der Waals surface area (Å²) in [7, 11) is 0. The number of rotatable bonds is 3. The number of carbonyl (C=O) groups is 1. The van der Waals surface area contributed by atoms with E-state index in [9.17, 15) is 4.79 Å². The van der Waals surface area contributed by atoms with Crippen molar-refractivity contribution in [2.24, 2.45) is 0 Å². The fraction of sp³-hybridized carbons (Fsp3) is 0.562. The van der Waals surface area contributed by atoms with Crippen LogP contribution in [0.5, 0.6) is 0 Å². The highest BCUT2D eigenvalue weighted by atomic mass is 35.5. The second-order valence-electron chi connectivity index (χ2n) is 6.42. The van der Waals surface area contributed by atoms with Crippen molar-refractivity contribution >= 4 is 17.7 Å². The number of hydrogen-bond acceptors (Lipinski definition) is 3. The summed E-state index contributed by atoms with van der Waals surface area (Å²) in [5.74, 6) is 0. The third-order valence-corrected chi connectivity index (χ3v) is 3.56. The van der Waals surface area contributed by atoms with E-state index < -0.39 is 5.60 Å². The monoisotopic (exact) mass is 310 g/mol. The smallest absolute Gasteiger partial charge is 0.410 e. The molecule has 1 aliphatic heterocycles. The van der Waals surface area contributed by atoms with Crippen LogP contribution >= 0.6 is 11.6 Å². The van der Waals surface area contributed by atoms with Gasteiger partial charge in [-0.3, -0.25) is 0 Å². The lowest BCUT2D eigenvalue weighted by Crippen LogP contribution is -2.38. The Morgan fingerprint density at radius 3 is 2.90 bits per heavy atom. The summed E-state index contributed by atoms with van der Waals surface area (Å²) < 4.78 is 5.39. The molecule has 1 heterocycles. The van der Waals surface area contributed by atoms with Crippen LogP contribution in [0.15, 0.2) is 24.3 Å². The van der Waals surface area contributed by atoms with Crippen molar-refractivity contribution in [3.8, 4) is 0 Å². The maximum Gasteiger partial charge on any atom is 0.410 e. The number of halogens is 1. The number of likely N-dealkylation sites (tertiary alicyclic amines) is 1. The third-order valence-electron chi connectivity index (χ3n) is 3.32. The molecule has 1 aliphatic rings. The number of carbonyl (C=O) groups excluding carboxylic acids is 1. The number of ether oxygens (including phenoxy) is 1. The second kappa shape index (κ2) is 6.67. The maximum absolute atomic E-state index is 12.0. The molecule has 1 aromatic rings. The van der Waals surface area contributed by atoms with Crippen molar-refractivity contribution < 1.29 is 9.53 Å². The summed E-state index contributed by atoms with van der Waals surface area (Å²) in [5, 5.41) is 4.21. The van der Waals surface area contributed by atoms with Gasteiger partial charge in [-0.05, 0) is 44.9 Å². The molecule has 21 heavy (non-hydrogen) atoms. The molecule has 0 bridgehead atoms. The fourth-order valence-corrected chi connectivity index (χ4v) is 2.54. The molecule has 1 fully saturated rings. The largest absolute Gasteiger partial charge is 0.444 e. The van der Waals surface area contributed by atoms with Crippen molar-refractivity contribution in [2.75, 3.05) is 13.1 Å². The lowest BCUT2D eigenvalue weighted by atomic mass is 10.2. The van der Waals surface area contributed by atoms with Crippen LogP contribution in [0.2, 0.25) is 5.02 Å². The zero-order valence-corrected chi connectivity index (χ0v) is 13.6. The molecule has 1 atom stereocenters. The minimum absolute atomic E-state index is 0.227. The Kier molecular flexibility index (Phi) is 5.12. The van der Waals surface area contributed by atoms with Crippen molar-refractivity contribution in [1.29, 1.82) is 0 Å². The van der Waals surface area contributed by atoms with E-state index in [4.69, 9.17) is 16.3 Å². The van der Waals surface area contributed by atoms with E-state index in [1.54, 1.807) is 4.90 Å². The van der Waals surface area contributed by atoms with E-state index in [-0.39, 0.29) is 6.09 Å².